The van der Waals surface area contributed by atoms with Crippen molar-refractivity contribution >= 4 is 5.91 Å². The number of nitrogens with two attached hydrogens (primary N) is 1. The first-order valence-electron chi connectivity index (χ1n) is 7.11. The maximum Gasteiger partial charge on any atom is 0.230 e. The Morgan fingerprint density at radius 3 is 2.58 bits per heavy atom. The highest BCUT2D eigenvalue weighted by Gasteiger charge is 2.31. The van der Waals surface area contributed by atoms with Crippen molar-refractivity contribution in [3.63, 3.8) is 0 Å². The quantitative estimate of drug-likeness (QED) is 0.872. The van der Waals surface area contributed by atoms with Gasteiger partial charge in [0.25, 0.3) is 0 Å². The largest absolute Gasteiger partial charge is 0.355 e. The number of carbonyl (C=O) groups is 1. The molecule has 1 saturated carbocycles. The van der Waals surface area contributed by atoms with Gasteiger partial charge in [0.2, 0.25) is 5.91 Å². The van der Waals surface area contributed by atoms with Gasteiger partial charge in [-0.3, -0.25) is 4.79 Å². The fourth-order valence-electron chi connectivity index (χ4n) is 2.75. The maximum absolute atomic E-state index is 12.4. The van der Waals surface area contributed by atoms with Gasteiger partial charge in [0.1, 0.15) is 0 Å². The highest BCUT2D eigenvalue weighted by molar-refractivity contribution is 5.87. The molecule has 0 spiro atoms. The van der Waals surface area contributed by atoms with Crippen LogP contribution in [0, 0.1) is 5.92 Å². The average Bonchev–Trinajstić information content (AvgIpc) is 2.82. The Morgan fingerprint density at radius 2 is 2.00 bits per heavy atom. The van der Waals surface area contributed by atoms with Gasteiger partial charge in [0.05, 0.1) is 5.41 Å². The molecule has 0 saturated heterocycles. The van der Waals surface area contributed by atoms with Crippen molar-refractivity contribution in [3.05, 3.63) is 35.9 Å². The molecule has 3 heteroatoms. The molecule has 0 aromatic heterocycles. The first-order valence-corrected chi connectivity index (χ1v) is 7.11. The van der Waals surface area contributed by atoms with E-state index in [-0.39, 0.29) is 11.9 Å². The van der Waals surface area contributed by atoms with E-state index in [1.54, 1.807) is 0 Å². The van der Waals surface area contributed by atoms with Gasteiger partial charge in [-0.15, -0.1) is 0 Å². The molecule has 3 nitrogen and oxygen atoms in total. The Hall–Kier alpha value is -1.35. The Labute approximate surface area is 115 Å². The monoisotopic (exact) mass is 260 g/mol. The molecule has 3 N–H and O–H groups in total. The lowest BCUT2D eigenvalue weighted by Gasteiger charge is -2.26. The summed E-state index contributed by atoms with van der Waals surface area (Å²) in [7, 11) is 0. The van der Waals surface area contributed by atoms with Crippen molar-refractivity contribution in [3.8, 4) is 0 Å². The molecule has 104 valence electrons. The summed E-state index contributed by atoms with van der Waals surface area (Å²) in [5.74, 6) is 0.522. The Morgan fingerprint density at radius 1 is 1.32 bits per heavy atom. The van der Waals surface area contributed by atoms with Crippen LogP contribution in [0.15, 0.2) is 30.3 Å². The fraction of sp³-hybridized carbons (Fsp3) is 0.562. The smallest absolute Gasteiger partial charge is 0.230 e. The molecule has 2 atom stereocenters. The molecule has 19 heavy (non-hydrogen) atoms. The van der Waals surface area contributed by atoms with Crippen LogP contribution < -0.4 is 11.1 Å². The lowest BCUT2D eigenvalue weighted by Crippen LogP contribution is -2.44. The fourth-order valence-corrected chi connectivity index (χ4v) is 2.75. The summed E-state index contributed by atoms with van der Waals surface area (Å²) >= 11 is 0. The van der Waals surface area contributed by atoms with Crippen LogP contribution in [-0.2, 0) is 10.2 Å². The van der Waals surface area contributed by atoms with Crippen molar-refractivity contribution in [1.29, 1.82) is 0 Å². The van der Waals surface area contributed by atoms with Crippen molar-refractivity contribution in [1.82, 2.24) is 5.32 Å². The van der Waals surface area contributed by atoms with Crippen molar-refractivity contribution in [2.45, 2.75) is 44.6 Å². The van der Waals surface area contributed by atoms with Crippen LogP contribution in [0.3, 0.4) is 0 Å². The van der Waals surface area contributed by atoms with Crippen molar-refractivity contribution < 1.29 is 4.79 Å². The number of benzene rings is 1. The second-order valence-corrected chi connectivity index (χ2v) is 6.06. The van der Waals surface area contributed by atoms with Crippen LogP contribution in [-0.4, -0.2) is 18.5 Å². The van der Waals surface area contributed by atoms with Gasteiger partial charge < -0.3 is 11.1 Å². The molecule has 1 aromatic rings. The first kappa shape index (κ1) is 14.1. The Kier molecular flexibility index (Phi) is 4.25. The van der Waals surface area contributed by atoms with E-state index in [1.807, 2.05) is 44.2 Å². The summed E-state index contributed by atoms with van der Waals surface area (Å²) in [5.41, 5.74) is 6.58. The zero-order valence-corrected chi connectivity index (χ0v) is 11.9. The SMILES string of the molecule is CC(C)(C(=O)NCC1CCCC1N)c1ccccc1. The number of carbonyl (C=O) groups excluding carboxylic acids is 1. The molecule has 0 heterocycles. The molecule has 0 radical (unpaired) electrons. The van der Waals surface area contributed by atoms with E-state index in [0.717, 1.165) is 18.4 Å². The number of rotatable bonds is 4. The molecule has 1 aliphatic rings. The second-order valence-electron chi connectivity index (χ2n) is 6.06. The summed E-state index contributed by atoms with van der Waals surface area (Å²) in [5, 5.41) is 3.07. The minimum atomic E-state index is -0.496. The molecule has 1 aliphatic carbocycles. The van der Waals surface area contributed by atoms with Crippen LogP contribution in [0.2, 0.25) is 0 Å². The lowest BCUT2D eigenvalue weighted by atomic mass is 9.83. The van der Waals surface area contributed by atoms with E-state index in [9.17, 15) is 4.79 Å². The summed E-state index contributed by atoms with van der Waals surface area (Å²) in [6.45, 7) is 4.63. The van der Waals surface area contributed by atoms with Crippen LogP contribution in [0.1, 0.15) is 38.7 Å². The Balaban J connectivity index is 1.95. The third-order valence-electron chi connectivity index (χ3n) is 4.31. The number of nitrogens with one attached hydrogen (secondary N) is 1. The summed E-state index contributed by atoms with van der Waals surface area (Å²) in [6.07, 6.45) is 3.40. The van der Waals surface area contributed by atoms with Crippen LogP contribution >= 0.6 is 0 Å². The van der Waals surface area contributed by atoms with Gasteiger partial charge >= 0.3 is 0 Å². The van der Waals surface area contributed by atoms with Crippen LogP contribution in [0.4, 0.5) is 0 Å². The molecular formula is C16H24N2O. The molecule has 0 aliphatic heterocycles. The van der Waals surface area contributed by atoms with E-state index in [2.05, 4.69) is 5.32 Å². The second kappa shape index (κ2) is 5.74. The molecule has 2 unspecified atom stereocenters. The van der Waals surface area contributed by atoms with Crippen molar-refractivity contribution in [2.75, 3.05) is 6.54 Å². The highest BCUT2D eigenvalue weighted by Crippen LogP contribution is 2.25. The van der Waals surface area contributed by atoms with Gasteiger partial charge in [-0.2, -0.15) is 0 Å². The van der Waals surface area contributed by atoms with E-state index in [1.165, 1.54) is 6.42 Å². The minimum Gasteiger partial charge on any atom is -0.355 e. The first-order chi connectivity index (χ1) is 9.01. The average molecular weight is 260 g/mol. The predicted octanol–water partition coefficient (Wildman–Crippen LogP) is 2.21. The zero-order chi connectivity index (χ0) is 13.9. The van der Waals surface area contributed by atoms with Gasteiger partial charge in [0, 0.05) is 12.6 Å². The standard InChI is InChI=1S/C16H24N2O/c1-16(2,13-8-4-3-5-9-13)15(19)18-11-12-7-6-10-14(12)17/h3-5,8-9,12,14H,6-7,10-11,17H2,1-2H3,(H,18,19). The van der Waals surface area contributed by atoms with E-state index < -0.39 is 5.41 Å². The summed E-state index contributed by atoms with van der Waals surface area (Å²) < 4.78 is 0. The van der Waals surface area contributed by atoms with Crippen LogP contribution in [0.5, 0.6) is 0 Å². The van der Waals surface area contributed by atoms with Crippen molar-refractivity contribution in [2.24, 2.45) is 11.7 Å². The summed E-state index contributed by atoms with van der Waals surface area (Å²) in [6, 6.07) is 10.2. The normalized spacial score (nSPS) is 23.3. The van der Waals surface area contributed by atoms with E-state index >= 15 is 0 Å². The molecule has 1 amide bonds. The van der Waals surface area contributed by atoms with Gasteiger partial charge in [-0.25, -0.2) is 0 Å². The van der Waals surface area contributed by atoms with Gasteiger partial charge in [-0.05, 0) is 38.2 Å². The number of hydrogen-bond donors (Lipinski definition) is 2. The van der Waals surface area contributed by atoms with Gasteiger partial charge in [-0.1, -0.05) is 36.8 Å². The highest BCUT2D eigenvalue weighted by atomic mass is 16.2. The number of amides is 1. The molecular weight excluding hydrogens is 236 g/mol. The van der Waals surface area contributed by atoms with E-state index in [4.69, 9.17) is 5.73 Å². The van der Waals surface area contributed by atoms with Crippen LogP contribution in [0.25, 0.3) is 0 Å². The van der Waals surface area contributed by atoms with Gasteiger partial charge in [0.15, 0.2) is 0 Å². The summed E-state index contributed by atoms with van der Waals surface area (Å²) in [4.78, 5) is 12.4. The predicted molar refractivity (Wildman–Crippen MR) is 77.8 cm³/mol. The molecule has 1 aromatic carbocycles. The maximum atomic E-state index is 12.4. The molecule has 2 rings (SSSR count). The third kappa shape index (κ3) is 3.16. The number of hydrogen-bond acceptors (Lipinski definition) is 2. The van der Waals surface area contributed by atoms with E-state index in [0.29, 0.717) is 12.5 Å². The zero-order valence-electron chi connectivity index (χ0n) is 11.9. The molecule has 1 fully saturated rings. The third-order valence-corrected chi connectivity index (χ3v) is 4.31. The Bertz CT molecular complexity index is 428. The lowest BCUT2D eigenvalue weighted by molar-refractivity contribution is -0.125. The topological polar surface area (TPSA) is 55.1 Å². The molecule has 0 bridgehead atoms. The minimum absolute atomic E-state index is 0.0813.